The Morgan fingerprint density at radius 2 is 2.20 bits per heavy atom. The van der Waals surface area contributed by atoms with Gasteiger partial charge in [-0.25, -0.2) is 4.98 Å². The second kappa shape index (κ2) is 4.66. The number of rotatable bonds is 4. The highest BCUT2D eigenvalue weighted by molar-refractivity contribution is 5.25. The minimum absolute atomic E-state index is 0.168. The van der Waals surface area contributed by atoms with E-state index in [-0.39, 0.29) is 11.5 Å². The van der Waals surface area contributed by atoms with E-state index in [1.165, 1.54) is 0 Å². The zero-order chi connectivity index (χ0) is 11.5. The van der Waals surface area contributed by atoms with Gasteiger partial charge in [0.1, 0.15) is 0 Å². The third-order valence-electron chi connectivity index (χ3n) is 2.22. The van der Waals surface area contributed by atoms with Gasteiger partial charge in [0.2, 0.25) is 5.95 Å². The van der Waals surface area contributed by atoms with Gasteiger partial charge in [0, 0.05) is 32.0 Å². The maximum atomic E-state index is 6.03. The lowest BCUT2D eigenvalue weighted by Gasteiger charge is -2.23. The molecule has 0 aliphatic carbocycles. The summed E-state index contributed by atoms with van der Waals surface area (Å²) in [4.78, 5) is 4.18. The van der Waals surface area contributed by atoms with E-state index < -0.39 is 0 Å². The number of hydrogen-bond donors (Lipinski definition) is 2. The van der Waals surface area contributed by atoms with Gasteiger partial charge >= 0.3 is 0 Å². The van der Waals surface area contributed by atoms with Crippen molar-refractivity contribution < 1.29 is 0 Å². The van der Waals surface area contributed by atoms with Crippen LogP contribution in [0.25, 0.3) is 0 Å². The molecule has 0 radical (unpaired) electrons. The average Bonchev–Trinajstić information content (AvgIpc) is 2.44. The van der Waals surface area contributed by atoms with E-state index >= 15 is 0 Å². The predicted molar refractivity (Wildman–Crippen MR) is 63.7 cm³/mol. The molecule has 0 saturated heterocycles. The average molecular weight is 210 g/mol. The largest absolute Gasteiger partial charge is 0.354 e. The number of hydrogen-bond acceptors (Lipinski definition) is 3. The molecule has 15 heavy (non-hydrogen) atoms. The fourth-order valence-electron chi connectivity index (χ4n) is 1.62. The number of aromatic nitrogens is 2. The minimum atomic E-state index is 0.168. The maximum absolute atomic E-state index is 6.03. The molecule has 86 valence electrons. The molecular formula is C11H22N4. The fraction of sp³-hybridized carbons (Fsp3) is 0.727. The Balaban J connectivity index is 2.35. The smallest absolute Gasteiger partial charge is 0.202 e. The molecule has 4 nitrogen and oxygen atoms in total. The lowest BCUT2D eigenvalue weighted by Crippen LogP contribution is -2.33. The van der Waals surface area contributed by atoms with Crippen LogP contribution in [0.2, 0.25) is 0 Å². The van der Waals surface area contributed by atoms with Crippen molar-refractivity contribution in [2.75, 3.05) is 11.9 Å². The zero-order valence-electron chi connectivity index (χ0n) is 10.1. The molecule has 4 heteroatoms. The van der Waals surface area contributed by atoms with Crippen LogP contribution in [0.5, 0.6) is 0 Å². The van der Waals surface area contributed by atoms with Crippen LogP contribution in [0.3, 0.4) is 0 Å². The molecule has 0 aromatic carbocycles. The topological polar surface area (TPSA) is 55.9 Å². The van der Waals surface area contributed by atoms with Crippen LogP contribution < -0.4 is 11.1 Å². The predicted octanol–water partition coefficient (Wildman–Crippen LogP) is 1.60. The molecule has 1 rings (SSSR count). The molecule has 3 N–H and O–H groups in total. The van der Waals surface area contributed by atoms with E-state index in [4.69, 9.17) is 5.73 Å². The fourth-order valence-corrected chi connectivity index (χ4v) is 1.62. The molecule has 0 aliphatic heterocycles. The Hall–Kier alpha value is -1.03. The normalized spacial score (nSPS) is 13.9. The molecule has 1 atom stereocenters. The maximum Gasteiger partial charge on any atom is 0.202 e. The summed E-state index contributed by atoms with van der Waals surface area (Å²) in [6.45, 7) is 7.37. The quantitative estimate of drug-likeness (QED) is 0.793. The van der Waals surface area contributed by atoms with E-state index in [0.29, 0.717) is 0 Å². The molecule has 0 saturated carbocycles. The molecule has 1 heterocycles. The number of anilines is 1. The van der Waals surface area contributed by atoms with Crippen LogP contribution >= 0.6 is 0 Å². The molecule has 0 bridgehead atoms. The minimum Gasteiger partial charge on any atom is -0.354 e. The van der Waals surface area contributed by atoms with Crippen molar-refractivity contribution in [2.24, 2.45) is 18.2 Å². The number of nitrogens with two attached hydrogens (primary N) is 1. The summed E-state index contributed by atoms with van der Waals surface area (Å²) in [6.07, 6.45) is 4.69. The van der Waals surface area contributed by atoms with Crippen LogP contribution in [0.4, 0.5) is 5.95 Å². The number of imidazole rings is 1. The van der Waals surface area contributed by atoms with Gasteiger partial charge in [-0.3, -0.25) is 0 Å². The Bertz CT molecular complexity index is 298. The molecule has 1 unspecified atom stereocenters. The van der Waals surface area contributed by atoms with Gasteiger partial charge in [-0.1, -0.05) is 20.8 Å². The Kier molecular flexibility index (Phi) is 3.74. The second-order valence-corrected chi connectivity index (χ2v) is 5.27. The zero-order valence-corrected chi connectivity index (χ0v) is 10.1. The first-order valence-corrected chi connectivity index (χ1v) is 5.35. The van der Waals surface area contributed by atoms with Crippen molar-refractivity contribution in [1.29, 1.82) is 0 Å². The van der Waals surface area contributed by atoms with Gasteiger partial charge in [-0.2, -0.15) is 0 Å². The Labute approximate surface area is 91.9 Å². The first-order valence-electron chi connectivity index (χ1n) is 5.35. The third kappa shape index (κ3) is 4.34. The van der Waals surface area contributed by atoms with Crippen LogP contribution in [0.15, 0.2) is 12.4 Å². The number of nitrogens with one attached hydrogen (secondary N) is 1. The summed E-state index contributed by atoms with van der Waals surface area (Å²) < 4.78 is 1.95. The van der Waals surface area contributed by atoms with Gasteiger partial charge in [-0.05, 0) is 11.8 Å². The molecule has 0 fully saturated rings. The highest BCUT2D eigenvalue weighted by Gasteiger charge is 2.15. The Morgan fingerprint density at radius 1 is 1.53 bits per heavy atom. The van der Waals surface area contributed by atoms with Gasteiger partial charge < -0.3 is 15.6 Å². The standard InChI is InChI=1S/C11H22N4/c1-11(2,3)7-9(12)8-14-10-13-5-6-15(10)4/h5-6,9H,7-8,12H2,1-4H3,(H,13,14). The molecule has 1 aromatic heterocycles. The molecule has 1 aromatic rings. The van der Waals surface area contributed by atoms with Gasteiger partial charge in [0.15, 0.2) is 0 Å². The first-order chi connectivity index (χ1) is 6.88. The van der Waals surface area contributed by atoms with E-state index in [0.717, 1.165) is 18.9 Å². The molecule has 0 aliphatic rings. The summed E-state index contributed by atoms with van der Waals surface area (Å²) in [6, 6.07) is 0.168. The summed E-state index contributed by atoms with van der Waals surface area (Å²) in [5.41, 5.74) is 6.31. The SMILES string of the molecule is Cn1ccnc1NCC(N)CC(C)(C)C. The lowest BCUT2D eigenvalue weighted by atomic mass is 9.88. The van der Waals surface area contributed by atoms with Crippen molar-refractivity contribution in [3.63, 3.8) is 0 Å². The summed E-state index contributed by atoms with van der Waals surface area (Å²) in [7, 11) is 1.96. The number of nitrogens with zero attached hydrogens (tertiary/aromatic N) is 2. The van der Waals surface area contributed by atoms with Gasteiger partial charge in [-0.15, -0.1) is 0 Å². The van der Waals surface area contributed by atoms with Crippen LogP contribution in [-0.4, -0.2) is 22.1 Å². The Morgan fingerprint density at radius 3 is 2.67 bits per heavy atom. The number of aryl methyl sites for hydroxylation is 1. The van der Waals surface area contributed by atoms with Crippen molar-refractivity contribution in [3.05, 3.63) is 12.4 Å². The highest BCUT2D eigenvalue weighted by atomic mass is 15.2. The third-order valence-corrected chi connectivity index (χ3v) is 2.22. The van der Waals surface area contributed by atoms with Crippen molar-refractivity contribution in [1.82, 2.24) is 9.55 Å². The second-order valence-electron chi connectivity index (χ2n) is 5.27. The lowest BCUT2D eigenvalue weighted by molar-refractivity contribution is 0.344. The first kappa shape index (κ1) is 12.0. The molecular weight excluding hydrogens is 188 g/mol. The van der Waals surface area contributed by atoms with Gasteiger partial charge in [0.05, 0.1) is 0 Å². The summed E-state index contributed by atoms with van der Waals surface area (Å²) >= 11 is 0. The van der Waals surface area contributed by atoms with Crippen molar-refractivity contribution in [3.8, 4) is 0 Å². The van der Waals surface area contributed by atoms with E-state index in [1.54, 1.807) is 6.20 Å². The van der Waals surface area contributed by atoms with Crippen LogP contribution in [-0.2, 0) is 7.05 Å². The van der Waals surface area contributed by atoms with E-state index in [1.807, 2.05) is 17.8 Å². The van der Waals surface area contributed by atoms with Crippen LogP contribution in [0.1, 0.15) is 27.2 Å². The highest BCUT2D eigenvalue weighted by Crippen LogP contribution is 2.19. The van der Waals surface area contributed by atoms with Crippen molar-refractivity contribution >= 4 is 5.95 Å². The van der Waals surface area contributed by atoms with Crippen LogP contribution in [0, 0.1) is 5.41 Å². The van der Waals surface area contributed by atoms with Gasteiger partial charge in [0.25, 0.3) is 0 Å². The van der Waals surface area contributed by atoms with E-state index in [9.17, 15) is 0 Å². The molecule has 0 spiro atoms. The van der Waals surface area contributed by atoms with E-state index in [2.05, 4.69) is 31.1 Å². The van der Waals surface area contributed by atoms with Crippen molar-refractivity contribution in [2.45, 2.75) is 33.2 Å². The summed E-state index contributed by atoms with van der Waals surface area (Å²) in [5.74, 6) is 0.874. The molecule has 0 amide bonds. The monoisotopic (exact) mass is 210 g/mol. The summed E-state index contributed by atoms with van der Waals surface area (Å²) in [5, 5.41) is 3.24.